The van der Waals surface area contributed by atoms with Crippen molar-refractivity contribution in [3.63, 3.8) is 0 Å². The van der Waals surface area contributed by atoms with Crippen LogP contribution in [0.1, 0.15) is 37.0 Å². The first kappa shape index (κ1) is 13.9. The number of rotatable bonds is 3. The summed E-state index contributed by atoms with van der Waals surface area (Å²) >= 11 is 0. The second-order valence-corrected chi connectivity index (χ2v) is 6.09. The van der Waals surface area contributed by atoms with Crippen molar-refractivity contribution < 1.29 is 4.79 Å². The van der Waals surface area contributed by atoms with Gasteiger partial charge in [-0.1, -0.05) is 13.8 Å². The van der Waals surface area contributed by atoms with Gasteiger partial charge in [-0.3, -0.25) is 4.79 Å². The van der Waals surface area contributed by atoms with Crippen LogP contribution in [0.4, 0.5) is 0 Å². The average molecular weight is 282 g/mol. The highest BCUT2D eigenvalue weighted by molar-refractivity contribution is 5.94. The zero-order chi connectivity index (χ0) is 14.8. The van der Waals surface area contributed by atoms with Gasteiger partial charge in [0.25, 0.3) is 5.91 Å². The highest BCUT2D eigenvalue weighted by atomic mass is 16.2. The molecule has 0 radical (unpaired) electrons. The number of hydrogen-bond donors (Lipinski definition) is 0. The molecule has 2 heterocycles. The van der Waals surface area contributed by atoms with Gasteiger partial charge in [0.15, 0.2) is 0 Å². The molecule has 3 heteroatoms. The highest BCUT2D eigenvalue weighted by Crippen LogP contribution is 2.25. The van der Waals surface area contributed by atoms with Crippen molar-refractivity contribution in [1.82, 2.24) is 9.47 Å². The smallest absolute Gasteiger partial charge is 0.254 e. The van der Waals surface area contributed by atoms with Crippen LogP contribution in [0.25, 0.3) is 5.69 Å². The van der Waals surface area contributed by atoms with Gasteiger partial charge in [0, 0.05) is 36.2 Å². The van der Waals surface area contributed by atoms with Gasteiger partial charge in [0.1, 0.15) is 0 Å². The topological polar surface area (TPSA) is 25.2 Å². The molecule has 2 aromatic rings. The van der Waals surface area contributed by atoms with E-state index in [0.29, 0.717) is 12.0 Å². The van der Waals surface area contributed by atoms with Gasteiger partial charge in [-0.05, 0) is 55.2 Å². The molecule has 1 aliphatic rings. The van der Waals surface area contributed by atoms with E-state index < -0.39 is 0 Å². The Balaban J connectivity index is 1.79. The molecule has 0 bridgehead atoms. The number of nitrogens with zero attached hydrogens (tertiary/aromatic N) is 2. The molecule has 1 aromatic heterocycles. The SMILES string of the molecule is CC(C)C1CCCN1C(=O)c1ccc(-n2cccc2)cc1. The summed E-state index contributed by atoms with van der Waals surface area (Å²) in [5, 5.41) is 0. The molecule has 1 aromatic carbocycles. The van der Waals surface area contributed by atoms with E-state index in [0.717, 1.165) is 30.6 Å². The lowest BCUT2D eigenvalue weighted by atomic mass is 10.0. The Labute approximate surface area is 126 Å². The summed E-state index contributed by atoms with van der Waals surface area (Å²) in [6, 6.07) is 12.3. The molecular formula is C18H22N2O. The molecule has 1 fully saturated rings. The molecule has 1 atom stereocenters. The summed E-state index contributed by atoms with van der Waals surface area (Å²) < 4.78 is 2.04. The van der Waals surface area contributed by atoms with E-state index in [2.05, 4.69) is 18.7 Å². The predicted molar refractivity (Wildman–Crippen MR) is 84.7 cm³/mol. The minimum atomic E-state index is 0.172. The normalized spacial score (nSPS) is 18.4. The summed E-state index contributed by atoms with van der Waals surface area (Å²) in [7, 11) is 0. The standard InChI is InChI=1S/C18H22N2O/c1-14(2)17-6-5-13-20(17)18(21)15-7-9-16(10-8-15)19-11-3-4-12-19/h3-4,7-12,14,17H,5-6,13H2,1-2H3. The Bertz CT molecular complexity index is 599. The molecule has 1 saturated heterocycles. The molecule has 1 amide bonds. The van der Waals surface area contributed by atoms with E-state index in [1.54, 1.807) is 0 Å². The van der Waals surface area contributed by atoms with Crippen molar-refractivity contribution in [3.05, 3.63) is 54.4 Å². The van der Waals surface area contributed by atoms with Crippen LogP contribution in [-0.2, 0) is 0 Å². The minimum absolute atomic E-state index is 0.172. The summed E-state index contributed by atoms with van der Waals surface area (Å²) in [4.78, 5) is 14.7. The Kier molecular flexibility index (Phi) is 3.82. The fourth-order valence-corrected chi connectivity index (χ4v) is 3.19. The maximum absolute atomic E-state index is 12.7. The number of carbonyl (C=O) groups excluding carboxylic acids is 1. The molecule has 21 heavy (non-hydrogen) atoms. The van der Waals surface area contributed by atoms with Crippen LogP contribution < -0.4 is 0 Å². The van der Waals surface area contributed by atoms with Gasteiger partial charge in [-0.25, -0.2) is 0 Å². The number of hydrogen-bond acceptors (Lipinski definition) is 1. The Morgan fingerprint density at radius 1 is 1.14 bits per heavy atom. The van der Waals surface area contributed by atoms with Gasteiger partial charge in [0.2, 0.25) is 0 Å². The average Bonchev–Trinajstić information content (AvgIpc) is 3.18. The lowest BCUT2D eigenvalue weighted by Gasteiger charge is -2.27. The molecule has 0 N–H and O–H groups in total. The zero-order valence-electron chi connectivity index (χ0n) is 12.7. The molecule has 0 spiro atoms. The Morgan fingerprint density at radius 3 is 2.43 bits per heavy atom. The Morgan fingerprint density at radius 2 is 1.81 bits per heavy atom. The lowest BCUT2D eigenvalue weighted by Crippen LogP contribution is -2.38. The van der Waals surface area contributed by atoms with Crippen molar-refractivity contribution in [3.8, 4) is 5.69 Å². The molecular weight excluding hydrogens is 260 g/mol. The van der Waals surface area contributed by atoms with Crippen LogP contribution >= 0.6 is 0 Å². The van der Waals surface area contributed by atoms with Crippen molar-refractivity contribution in [2.45, 2.75) is 32.7 Å². The van der Waals surface area contributed by atoms with Crippen molar-refractivity contribution in [2.75, 3.05) is 6.54 Å². The molecule has 0 saturated carbocycles. The quantitative estimate of drug-likeness (QED) is 0.842. The molecule has 3 nitrogen and oxygen atoms in total. The van der Waals surface area contributed by atoms with E-state index >= 15 is 0 Å². The number of likely N-dealkylation sites (tertiary alicyclic amines) is 1. The monoisotopic (exact) mass is 282 g/mol. The highest BCUT2D eigenvalue weighted by Gasteiger charge is 2.31. The Hall–Kier alpha value is -2.03. The third kappa shape index (κ3) is 2.73. The predicted octanol–water partition coefficient (Wildman–Crippen LogP) is 3.74. The number of carbonyl (C=O) groups is 1. The van der Waals surface area contributed by atoms with Gasteiger partial charge >= 0.3 is 0 Å². The zero-order valence-corrected chi connectivity index (χ0v) is 12.7. The fourth-order valence-electron chi connectivity index (χ4n) is 3.19. The summed E-state index contributed by atoms with van der Waals surface area (Å²) in [5.74, 6) is 0.695. The van der Waals surface area contributed by atoms with Crippen LogP contribution in [0, 0.1) is 5.92 Å². The third-order valence-corrected chi connectivity index (χ3v) is 4.35. The molecule has 3 rings (SSSR count). The van der Waals surface area contributed by atoms with E-state index in [1.807, 2.05) is 53.4 Å². The van der Waals surface area contributed by atoms with Crippen LogP contribution in [-0.4, -0.2) is 28.0 Å². The summed E-state index contributed by atoms with van der Waals surface area (Å²) in [6.07, 6.45) is 6.26. The van der Waals surface area contributed by atoms with Crippen LogP contribution in [0.15, 0.2) is 48.8 Å². The number of amides is 1. The van der Waals surface area contributed by atoms with Gasteiger partial charge in [-0.15, -0.1) is 0 Å². The second kappa shape index (κ2) is 5.76. The fraction of sp³-hybridized carbons (Fsp3) is 0.389. The summed E-state index contributed by atoms with van der Waals surface area (Å²) in [6.45, 7) is 5.29. The maximum Gasteiger partial charge on any atom is 0.254 e. The maximum atomic E-state index is 12.7. The van der Waals surface area contributed by atoms with Gasteiger partial charge in [-0.2, -0.15) is 0 Å². The first-order chi connectivity index (χ1) is 10.2. The summed E-state index contributed by atoms with van der Waals surface area (Å²) in [5.41, 5.74) is 1.87. The molecule has 110 valence electrons. The first-order valence-electron chi connectivity index (χ1n) is 7.71. The van der Waals surface area contributed by atoms with Crippen LogP contribution in [0.2, 0.25) is 0 Å². The first-order valence-corrected chi connectivity index (χ1v) is 7.71. The van der Waals surface area contributed by atoms with E-state index in [4.69, 9.17) is 0 Å². The van der Waals surface area contributed by atoms with E-state index in [1.165, 1.54) is 0 Å². The van der Waals surface area contributed by atoms with Gasteiger partial charge in [0.05, 0.1) is 0 Å². The van der Waals surface area contributed by atoms with Crippen LogP contribution in [0.3, 0.4) is 0 Å². The van der Waals surface area contributed by atoms with Gasteiger partial charge < -0.3 is 9.47 Å². The van der Waals surface area contributed by atoms with E-state index in [9.17, 15) is 4.79 Å². The molecule has 1 aliphatic heterocycles. The van der Waals surface area contributed by atoms with Crippen molar-refractivity contribution in [2.24, 2.45) is 5.92 Å². The van der Waals surface area contributed by atoms with Crippen LogP contribution in [0.5, 0.6) is 0 Å². The molecule has 0 aliphatic carbocycles. The number of benzene rings is 1. The number of aromatic nitrogens is 1. The second-order valence-electron chi connectivity index (χ2n) is 6.09. The van der Waals surface area contributed by atoms with Crippen molar-refractivity contribution in [1.29, 1.82) is 0 Å². The molecule has 1 unspecified atom stereocenters. The van der Waals surface area contributed by atoms with Crippen molar-refractivity contribution >= 4 is 5.91 Å². The largest absolute Gasteiger partial charge is 0.335 e. The lowest BCUT2D eigenvalue weighted by molar-refractivity contribution is 0.0701. The third-order valence-electron chi connectivity index (χ3n) is 4.35. The minimum Gasteiger partial charge on any atom is -0.335 e. The van der Waals surface area contributed by atoms with E-state index in [-0.39, 0.29) is 5.91 Å².